The molecule has 4 nitrogen and oxygen atoms in total. The van der Waals surface area contributed by atoms with Crippen LogP contribution in [0.5, 0.6) is 0 Å². The number of aromatic nitrogens is 3. The molecule has 1 aliphatic carbocycles. The van der Waals surface area contributed by atoms with Gasteiger partial charge >= 0.3 is 0 Å². The molecule has 1 saturated carbocycles. The number of hydrogen-bond acceptors (Lipinski definition) is 3. The minimum Gasteiger partial charge on any atom is -0.307 e. The molecule has 2 rings (SSSR count). The van der Waals surface area contributed by atoms with Crippen LogP contribution in [0.3, 0.4) is 0 Å². The molecule has 1 aliphatic rings. The van der Waals surface area contributed by atoms with E-state index in [9.17, 15) is 0 Å². The Labute approximate surface area is 104 Å². The lowest BCUT2D eigenvalue weighted by atomic mass is 9.83. The molecule has 0 spiro atoms. The van der Waals surface area contributed by atoms with Gasteiger partial charge in [-0.3, -0.25) is 4.68 Å². The van der Waals surface area contributed by atoms with Crippen molar-refractivity contribution in [3.63, 3.8) is 0 Å². The van der Waals surface area contributed by atoms with Gasteiger partial charge in [-0.2, -0.15) is 5.10 Å². The van der Waals surface area contributed by atoms with Crippen LogP contribution in [0.2, 0.25) is 0 Å². The summed E-state index contributed by atoms with van der Waals surface area (Å²) in [6, 6.07) is 0.680. The number of nitrogens with zero attached hydrogens (tertiary/aromatic N) is 3. The summed E-state index contributed by atoms with van der Waals surface area (Å²) in [5, 5.41) is 7.69. The number of nitrogens with one attached hydrogen (secondary N) is 1. The number of aryl methyl sites for hydroxylation is 1. The average Bonchev–Trinajstić information content (AvgIpc) is 2.75. The molecule has 1 fully saturated rings. The molecule has 1 N–H and O–H groups in total. The van der Waals surface area contributed by atoms with E-state index in [4.69, 9.17) is 0 Å². The van der Waals surface area contributed by atoms with Gasteiger partial charge in [0.1, 0.15) is 12.2 Å². The first-order valence-electron chi connectivity index (χ1n) is 6.85. The lowest BCUT2D eigenvalue weighted by Crippen LogP contribution is -2.33. The van der Waals surface area contributed by atoms with Crippen molar-refractivity contribution in [3.8, 4) is 0 Å². The monoisotopic (exact) mass is 236 g/mol. The van der Waals surface area contributed by atoms with Crippen LogP contribution in [-0.2, 0) is 13.6 Å². The molecule has 1 aromatic rings. The van der Waals surface area contributed by atoms with E-state index in [0.717, 1.165) is 18.3 Å². The van der Waals surface area contributed by atoms with Gasteiger partial charge < -0.3 is 5.32 Å². The van der Waals surface area contributed by atoms with E-state index in [1.807, 2.05) is 11.7 Å². The second-order valence-corrected chi connectivity index (χ2v) is 5.19. The summed E-state index contributed by atoms with van der Waals surface area (Å²) in [7, 11) is 1.95. The predicted molar refractivity (Wildman–Crippen MR) is 68.5 cm³/mol. The van der Waals surface area contributed by atoms with Crippen molar-refractivity contribution in [3.05, 3.63) is 12.2 Å². The summed E-state index contributed by atoms with van der Waals surface area (Å²) in [6.07, 6.45) is 9.80. The van der Waals surface area contributed by atoms with Crippen molar-refractivity contribution >= 4 is 0 Å². The zero-order valence-corrected chi connectivity index (χ0v) is 11.0. The summed E-state index contributed by atoms with van der Waals surface area (Å²) < 4.78 is 1.84. The fourth-order valence-electron chi connectivity index (χ4n) is 2.78. The van der Waals surface area contributed by atoms with Crippen LogP contribution in [0.25, 0.3) is 0 Å². The molecule has 0 bridgehead atoms. The Hall–Kier alpha value is -0.900. The molecule has 0 radical (unpaired) electrons. The molecular weight excluding hydrogens is 212 g/mol. The first-order valence-corrected chi connectivity index (χ1v) is 6.85. The molecule has 96 valence electrons. The summed E-state index contributed by atoms with van der Waals surface area (Å²) >= 11 is 0. The van der Waals surface area contributed by atoms with Gasteiger partial charge in [0.15, 0.2) is 0 Å². The maximum atomic E-state index is 4.23. The molecule has 0 amide bonds. The van der Waals surface area contributed by atoms with Gasteiger partial charge in [-0.1, -0.05) is 19.8 Å². The topological polar surface area (TPSA) is 42.7 Å². The SMILES string of the molecule is CCCC1CCC(NCc2ncnn2C)CC1. The Morgan fingerprint density at radius 2 is 2.12 bits per heavy atom. The van der Waals surface area contributed by atoms with E-state index in [-0.39, 0.29) is 0 Å². The Kier molecular flexibility index (Phi) is 4.54. The fraction of sp³-hybridized carbons (Fsp3) is 0.846. The Balaban J connectivity index is 1.70. The summed E-state index contributed by atoms with van der Waals surface area (Å²) in [4.78, 5) is 4.23. The van der Waals surface area contributed by atoms with Crippen molar-refractivity contribution in [2.45, 2.75) is 58.0 Å². The molecule has 0 unspecified atom stereocenters. The third kappa shape index (κ3) is 3.53. The molecule has 4 heteroatoms. The summed E-state index contributed by atoms with van der Waals surface area (Å²) in [5.41, 5.74) is 0. The Morgan fingerprint density at radius 3 is 2.71 bits per heavy atom. The van der Waals surface area contributed by atoms with E-state index in [1.165, 1.54) is 38.5 Å². The van der Waals surface area contributed by atoms with Crippen molar-refractivity contribution in [1.82, 2.24) is 20.1 Å². The van der Waals surface area contributed by atoms with Gasteiger partial charge in [0, 0.05) is 13.1 Å². The van der Waals surface area contributed by atoms with Crippen LogP contribution in [0, 0.1) is 5.92 Å². The Morgan fingerprint density at radius 1 is 1.35 bits per heavy atom. The quantitative estimate of drug-likeness (QED) is 0.852. The fourth-order valence-corrected chi connectivity index (χ4v) is 2.78. The molecule has 0 aromatic carbocycles. The lowest BCUT2D eigenvalue weighted by molar-refractivity contribution is 0.276. The second-order valence-electron chi connectivity index (χ2n) is 5.19. The van der Waals surface area contributed by atoms with Crippen LogP contribution >= 0.6 is 0 Å². The van der Waals surface area contributed by atoms with E-state index in [1.54, 1.807) is 6.33 Å². The minimum absolute atomic E-state index is 0.680. The van der Waals surface area contributed by atoms with Crippen LogP contribution in [0.15, 0.2) is 6.33 Å². The lowest BCUT2D eigenvalue weighted by Gasteiger charge is -2.28. The smallest absolute Gasteiger partial charge is 0.140 e. The highest BCUT2D eigenvalue weighted by molar-refractivity contribution is 4.85. The second kappa shape index (κ2) is 6.15. The van der Waals surface area contributed by atoms with Gasteiger partial charge in [0.05, 0.1) is 6.54 Å². The van der Waals surface area contributed by atoms with Gasteiger partial charge in [0.25, 0.3) is 0 Å². The molecule has 1 aromatic heterocycles. The Bertz CT molecular complexity index is 326. The standard InChI is InChI=1S/C13H24N4/c1-3-4-11-5-7-12(8-6-11)14-9-13-15-10-16-17(13)2/h10-12,14H,3-9H2,1-2H3. The highest BCUT2D eigenvalue weighted by Gasteiger charge is 2.20. The van der Waals surface area contributed by atoms with Crippen LogP contribution in [-0.4, -0.2) is 20.8 Å². The average molecular weight is 236 g/mol. The van der Waals surface area contributed by atoms with Crippen molar-refractivity contribution < 1.29 is 0 Å². The van der Waals surface area contributed by atoms with Gasteiger partial charge in [-0.05, 0) is 31.6 Å². The first-order chi connectivity index (χ1) is 8.29. The molecule has 1 heterocycles. The highest BCUT2D eigenvalue weighted by Crippen LogP contribution is 2.27. The third-order valence-corrected chi connectivity index (χ3v) is 3.90. The molecular formula is C13H24N4. The largest absolute Gasteiger partial charge is 0.307 e. The van der Waals surface area contributed by atoms with Gasteiger partial charge in [-0.15, -0.1) is 0 Å². The minimum atomic E-state index is 0.680. The van der Waals surface area contributed by atoms with Gasteiger partial charge in [0.2, 0.25) is 0 Å². The molecule has 17 heavy (non-hydrogen) atoms. The number of rotatable bonds is 5. The zero-order valence-electron chi connectivity index (χ0n) is 11.0. The normalized spacial score (nSPS) is 25.1. The van der Waals surface area contributed by atoms with E-state index < -0.39 is 0 Å². The summed E-state index contributed by atoms with van der Waals surface area (Å²) in [6.45, 7) is 3.14. The van der Waals surface area contributed by atoms with E-state index >= 15 is 0 Å². The van der Waals surface area contributed by atoms with Gasteiger partial charge in [-0.25, -0.2) is 4.98 Å². The maximum absolute atomic E-state index is 4.23. The first kappa shape index (κ1) is 12.6. The van der Waals surface area contributed by atoms with Crippen molar-refractivity contribution in [1.29, 1.82) is 0 Å². The third-order valence-electron chi connectivity index (χ3n) is 3.90. The molecule has 0 aliphatic heterocycles. The van der Waals surface area contributed by atoms with Crippen molar-refractivity contribution in [2.75, 3.05) is 0 Å². The maximum Gasteiger partial charge on any atom is 0.140 e. The van der Waals surface area contributed by atoms with E-state index in [2.05, 4.69) is 22.3 Å². The van der Waals surface area contributed by atoms with Crippen LogP contribution in [0.1, 0.15) is 51.3 Å². The zero-order chi connectivity index (χ0) is 12.1. The highest BCUT2D eigenvalue weighted by atomic mass is 15.3. The van der Waals surface area contributed by atoms with E-state index in [0.29, 0.717) is 6.04 Å². The predicted octanol–water partition coefficient (Wildman–Crippen LogP) is 2.26. The van der Waals surface area contributed by atoms with Crippen molar-refractivity contribution in [2.24, 2.45) is 13.0 Å². The molecule has 0 atom stereocenters. The molecule has 0 saturated heterocycles. The number of hydrogen-bond donors (Lipinski definition) is 1. The van der Waals surface area contributed by atoms with Crippen LogP contribution < -0.4 is 5.32 Å². The summed E-state index contributed by atoms with van der Waals surface area (Å²) in [5.74, 6) is 2.01. The van der Waals surface area contributed by atoms with Crippen LogP contribution in [0.4, 0.5) is 0 Å².